The summed E-state index contributed by atoms with van der Waals surface area (Å²) in [7, 11) is 0. The molecule has 12 heteroatoms. The highest BCUT2D eigenvalue weighted by Crippen LogP contribution is 2.36. The molecule has 208 valence electrons. The van der Waals surface area contributed by atoms with E-state index in [0.29, 0.717) is 64.7 Å². The zero-order valence-corrected chi connectivity index (χ0v) is 23.4. The quantitative estimate of drug-likeness (QED) is 0.480. The Bertz CT molecular complexity index is 1080. The Morgan fingerprint density at radius 3 is 2.66 bits per heavy atom. The van der Waals surface area contributed by atoms with Gasteiger partial charge in [-0.3, -0.25) is 19.1 Å². The van der Waals surface area contributed by atoms with Crippen LogP contribution in [0, 0.1) is 5.41 Å². The van der Waals surface area contributed by atoms with Gasteiger partial charge in [0.05, 0.1) is 17.2 Å². The Morgan fingerprint density at radius 2 is 1.95 bits per heavy atom. The minimum atomic E-state index is -0.801. The van der Waals surface area contributed by atoms with E-state index in [-0.39, 0.29) is 30.1 Å². The molecule has 4 rings (SSSR count). The lowest BCUT2D eigenvalue weighted by atomic mass is 9.73. The van der Waals surface area contributed by atoms with Crippen molar-refractivity contribution < 1.29 is 14.4 Å². The van der Waals surface area contributed by atoms with E-state index >= 15 is 0 Å². The first kappa shape index (κ1) is 29.9. The number of aromatic nitrogens is 3. The number of hydrogen-bond acceptors (Lipinski definition) is 7. The van der Waals surface area contributed by atoms with Gasteiger partial charge in [-0.05, 0) is 43.3 Å². The van der Waals surface area contributed by atoms with Gasteiger partial charge < -0.3 is 21.3 Å². The molecular formula is C26H38ClN7O3S. The summed E-state index contributed by atoms with van der Waals surface area (Å²) in [6, 6.07) is 8.46. The van der Waals surface area contributed by atoms with E-state index in [4.69, 9.17) is 5.73 Å². The lowest BCUT2D eigenvalue weighted by Crippen LogP contribution is -2.57. The summed E-state index contributed by atoms with van der Waals surface area (Å²) in [6.45, 7) is 1.97. The maximum atomic E-state index is 13.9. The fraction of sp³-hybridized carbons (Fsp3) is 0.577. The van der Waals surface area contributed by atoms with Gasteiger partial charge in [-0.15, -0.1) is 17.5 Å². The molecule has 1 spiro atoms. The number of nitrogens with zero attached hydrogens (tertiary/aromatic N) is 4. The Kier molecular flexibility index (Phi) is 11.0. The molecule has 10 nitrogen and oxygen atoms in total. The van der Waals surface area contributed by atoms with Gasteiger partial charge in [0.1, 0.15) is 6.04 Å². The average molecular weight is 564 g/mol. The highest BCUT2D eigenvalue weighted by atomic mass is 35.5. The summed E-state index contributed by atoms with van der Waals surface area (Å²) < 4.78 is 1.76. The number of rotatable bonds is 6. The number of aryl methyl sites for hydroxylation is 1. The van der Waals surface area contributed by atoms with Crippen LogP contribution in [0.25, 0.3) is 0 Å². The summed E-state index contributed by atoms with van der Waals surface area (Å²) in [5, 5.41) is 14.6. The second kappa shape index (κ2) is 14.0. The number of amides is 3. The van der Waals surface area contributed by atoms with Crippen LogP contribution < -0.4 is 16.4 Å². The van der Waals surface area contributed by atoms with Crippen LogP contribution in [0.2, 0.25) is 0 Å². The van der Waals surface area contributed by atoms with E-state index in [2.05, 4.69) is 20.9 Å². The van der Waals surface area contributed by atoms with E-state index < -0.39 is 17.5 Å². The van der Waals surface area contributed by atoms with Crippen molar-refractivity contribution in [2.24, 2.45) is 11.1 Å². The SMILES string of the molecule is CSCC[C@H](N)C(=O)N1CCC2(CC1)Cc1cn(nn1)CCCNC(=O)C(Cc1ccccc1)NC2=O.Cl. The molecule has 3 heterocycles. The Labute approximate surface area is 234 Å². The molecule has 1 aromatic heterocycles. The van der Waals surface area contributed by atoms with Crippen LogP contribution >= 0.6 is 24.2 Å². The monoisotopic (exact) mass is 563 g/mol. The molecule has 1 fully saturated rings. The molecule has 3 amide bonds. The van der Waals surface area contributed by atoms with Crippen LogP contribution in [0.4, 0.5) is 0 Å². The number of fused-ring (bicyclic) bond motifs is 2. The molecule has 2 aliphatic heterocycles. The minimum absolute atomic E-state index is 0. The summed E-state index contributed by atoms with van der Waals surface area (Å²) in [4.78, 5) is 41.8. The van der Waals surface area contributed by atoms with Crippen molar-refractivity contribution in [2.45, 2.75) is 57.2 Å². The van der Waals surface area contributed by atoms with Crippen molar-refractivity contribution in [3.8, 4) is 0 Å². The predicted molar refractivity (Wildman–Crippen MR) is 150 cm³/mol. The van der Waals surface area contributed by atoms with Crippen LogP contribution in [0.15, 0.2) is 36.5 Å². The average Bonchev–Trinajstić information content (AvgIpc) is 3.36. The van der Waals surface area contributed by atoms with Gasteiger partial charge in [-0.1, -0.05) is 35.5 Å². The predicted octanol–water partition coefficient (Wildman–Crippen LogP) is 1.18. The molecule has 2 bridgehead atoms. The van der Waals surface area contributed by atoms with Crippen LogP contribution in [0.5, 0.6) is 0 Å². The van der Waals surface area contributed by atoms with Gasteiger partial charge in [0.15, 0.2) is 0 Å². The molecule has 38 heavy (non-hydrogen) atoms. The van der Waals surface area contributed by atoms with Crippen molar-refractivity contribution in [2.75, 3.05) is 31.6 Å². The lowest BCUT2D eigenvalue weighted by Gasteiger charge is -2.41. The number of nitrogens with two attached hydrogens (primary N) is 1. The van der Waals surface area contributed by atoms with Gasteiger partial charge in [0.2, 0.25) is 17.7 Å². The van der Waals surface area contributed by atoms with Gasteiger partial charge >= 0.3 is 0 Å². The molecule has 2 atom stereocenters. The molecule has 1 unspecified atom stereocenters. The maximum Gasteiger partial charge on any atom is 0.242 e. The number of piperidine rings is 1. The number of benzene rings is 1. The summed E-state index contributed by atoms with van der Waals surface area (Å²) in [5.41, 5.74) is 7.06. The van der Waals surface area contributed by atoms with Crippen molar-refractivity contribution in [1.82, 2.24) is 30.5 Å². The van der Waals surface area contributed by atoms with Crippen LogP contribution in [-0.2, 0) is 33.8 Å². The van der Waals surface area contributed by atoms with Crippen molar-refractivity contribution in [3.05, 3.63) is 47.8 Å². The zero-order valence-electron chi connectivity index (χ0n) is 21.8. The molecule has 4 N–H and O–H groups in total. The first-order valence-electron chi connectivity index (χ1n) is 12.9. The minimum Gasteiger partial charge on any atom is -0.354 e. The third-order valence-corrected chi connectivity index (χ3v) is 7.98. The normalized spacial score (nSPS) is 20.7. The molecule has 0 radical (unpaired) electrons. The van der Waals surface area contributed by atoms with Crippen LogP contribution in [-0.4, -0.2) is 81.3 Å². The largest absolute Gasteiger partial charge is 0.354 e. The first-order chi connectivity index (χ1) is 17.9. The van der Waals surface area contributed by atoms with Crippen molar-refractivity contribution in [1.29, 1.82) is 0 Å². The Balaban J connectivity index is 0.00000400. The molecular weight excluding hydrogens is 526 g/mol. The van der Waals surface area contributed by atoms with Crippen molar-refractivity contribution in [3.63, 3.8) is 0 Å². The smallest absolute Gasteiger partial charge is 0.242 e. The van der Waals surface area contributed by atoms with Crippen LogP contribution in [0.3, 0.4) is 0 Å². The fourth-order valence-corrected chi connectivity index (χ4v) is 5.55. The molecule has 1 aromatic carbocycles. The highest BCUT2D eigenvalue weighted by Gasteiger charge is 2.44. The third-order valence-electron chi connectivity index (χ3n) is 7.34. The second-order valence-electron chi connectivity index (χ2n) is 10.0. The number of halogens is 1. The molecule has 2 aliphatic rings. The lowest BCUT2D eigenvalue weighted by molar-refractivity contribution is -0.142. The molecule has 0 saturated carbocycles. The number of thioether (sulfide) groups is 1. The number of likely N-dealkylation sites (tertiary alicyclic amines) is 1. The van der Waals surface area contributed by atoms with Gasteiger partial charge in [0.25, 0.3) is 0 Å². The van der Waals surface area contributed by atoms with E-state index in [0.717, 1.165) is 17.0 Å². The standard InChI is InChI=1S/C26H37N7O3S.ClH/c1-37-15-8-21(27)24(35)32-13-9-26(10-14-32)17-20-18-33(31-30-20)12-5-11-28-23(34)22(29-25(26)36)16-19-6-3-2-4-7-19;/h2-4,6-7,18,21-22H,5,8-17,27H2,1H3,(H,28,34)(H,29,36);1H/t21-,22?;/m0./s1. The first-order valence-corrected chi connectivity index (χ1v) is 14.3. The zero-order chi connectivity index (χ0) is 26.3. The Hall–Kier alpha value is -2.63. The number of nitrogens with one attached hydrogen (secondary N) is 2. The van der Waals surface area contributed by atoms with E-state index in [9.17, 15) is 14.4 Å². The Morgan fingerprint density at radius 1 is 1.21 bits per heavy atom. The highest BCUT2D eigenvalue weighted by molar-refractivity contribution is 7.98. The van der Waals surface area contributed by atoms with Crippen molar-refractivity contribution >= 4 is 41.9 Å². The maximum absolute atomic E-state index is 13.9. The summed E-state index contributed by atoms with van der Waals surface area (Å²) in [6.07, 6.45) is 6.94. The van der Waals surface area contributed by atoms with Gasteiger partial charge in [-0.25, -0.2) is 0 Å². The van der Waals surface area contributed by atoms with Crippen LogP contribution in [0.1, 0.15) is 36.9 Å². The van der Waals surface area contributed by atoms with Gasteiger partial charge in [0, 0.05) is 45.2 Å². The number of hydrogen-bond donors (Lipinski definition) is 3. The van der Waals surface area contributed by atoms with E-state index in [1.54, 1.807) is 21.3 Å². The second-order valence-corrected chi connectivity index (χ2v) is 11.0. The summed E-state index contributed by atoms with van der Waals surface area (Å²) in [5.74, 6) is 0.378. The molecule has 1 saturated heterocycles. The topological polar surface area (TPSA) is 135 Å². The van der Waals surface area contributed by atoms with E-state index in [1.165, 1.54) is 0 Å². The number of carbonyl (C=O) groups is 3. The summed E-state index contributed by atoms with van der Waals surface area (Å²) >= 11 is 1.67. The number of carbonyl (C=O) groups excluding carboxylic acids is 3. The third kappa shape index (κ3) is 7.48. The molecule has 2 aromatic rings. The fourth-order valence-electron chi connectivity index (χ4n) is 5.06. The van der Waals surface area contributed by atoms with E-state index in [1.807, 2.05) is 42.8 Å². The van der Waals surface area contributed by atoms with Gasteiger partial charge in [-0.2, -0.15) is 11.8 Å². The molecule has 0 aliphatic carbocycles.